The fraction of sp³-hybridized carbons (Fsp3) is 0.588. The quantitative estimate of drug-likeness (QED) is 0.544. The molecule has 2 rings (SSSR count). The summed E-state index contributed by atoms with van der Waals surface area (Å²) < 4.78 is 0. The molecule has 0 aliphatic carbocycles. The molecule has 1 aliphatic rings. The van der Waals surface area contributed by atoms with Crippen LogP contribution in [0.15, 0.2) is 30.3 Å². The van der Waals surface area contributed by atoms with Gasteiger partial charge in [0.1, 0.15) is 0 Å². The van der Waals surface area contributed by atoms with Crippen molar-refractivity contribution >= 4 is 5.91 Å². The topological polar surface area (TPSA) is 93.0 Å². The molecule has 0 spiro atoms. The van der Waals surface area contributed by atoms with Gasteiger partial charge >= 0.3 is 0 Å². The third-order valence-electron chi connectivity index (χ3n) is 4.58. The van der Waals surface area contributed by atoms with Crippen molar-refractivity contribution in [2.45, 2.75) is 43.6 Å². The Labute approximate surface area is 136 Å². The van der Waals surface area contributed by atoms with Crippen molar-refractivity contribution in [3.8, 4) is 0 Å². The second kappa shape index (κ2) is 8.40. The van der Waals surface area contributed by atoms with Gasteiger partial charge in [0.15, 0.2) is 0 Å². The number of nitrogens with one attached hydrogen (secondary N) is 1. The van der Waals surface area contributed by atoms with E-state index < -0.39 is 24.3 Å². The lowest BCUT2D eigenvalue weighted by molar-refractivity contribution is -0.122. The molecule has 4 atom stereocenters. The van der Waals surface area contributed by atoms with E-state index >= 15 is 0 Å². The summed E-state index contributed by atoms with van der Waals surface area (Å²) in [6, 6.07) is 9.05. The molecule has 4 N–H and O–H groups in total. The largest absolute Gasteiger partial charge is 0.395 e. The Balaban J connectivity index is 2.00. The molecule has 1 aromatic carbocycles. The number of aliphatic hydroxyl groups is 3. The summed E-state index contributed by atoms with van der Waals surface area (Å²) in [6.07, 6.45) is -0.262. The molecule has 1 heterocycles. The molecule has 6 heteroatoms. The second-order valence-electron chi connectivity index (χ2n) is 6.00. The first-order valence-electron chi connectivity index (χ1n) is 8.05. The van der Waals surface area contributed by atoms with Gasteiger partial charge in [-0.2, -0.15) is 0 Å². The van der Waals surface area contributed by atoms with E-state index in [1.807, 2.05) is 23.1 Å². The molecule has 0 aromatic heterocycles. The van der Waals surface area contributed by atoms with Crippen LogP contribution in [-0.4, -0.2) is 70.6 Å². The average Bonchev–Trinajstić information content (AvgIpc) is 2.80. The van der Waals surface area contributed by atoms with Crippen LogP contribution >= 0.6 is 0 Å². The third kappa shape index (κ3) is 4.29. The normalized spacial score (nSPS) is 28.0. The van der Waals surface area contributed by atoms with Gasteiger partial charge in [-0.3, -0.25) is 9.69 Å². The molecule has 1 aliphatic heterocycles. The summed E-state index contributed by atoms with van der Waals surface area (Å²) in [5.74, 6) is -0.187. The zero-order valence-corrected chi connectivity index (χ0v) is 13.4. The minimum Gasteiger partial charge on any atom is -0.395 e. The van der Waals surface area contributed by atoms with Crippen LogP contribution in [0, 0.1) is 0 Å². The Bertz CT molecular complexity index is 497. The van der Waals surface area contributed by atoms with Crippen molar-refractivity contribution in [3.63, 3.8) is 0 Å². The van der Waals surface area contributed by atoms with Crippen LogP contribution in [0.4, 0.5) is 0 Å². The van der Waals surface area contributed by atoms with E-state index in [1.165, 1.54) is 5.56 Å². The SMILES string of the molecule is CNC(=O)C[C@H]1[C@@H](O)[C@@H](O)[C@@H](CO)N1CCCc1ccccc1. The summed E-state index contributed by atoms with van der Waals surface area (Å²) in [6.45, 7) is 0.365. The smallest absolute Gasteiger partial charge is 0.221 e. The van der Waals surface area contributed by atoms with Gasteiger partial charge in [-0.1, -0.05) is 30.3 Å². The van der Waals surface area contributed by atoms with Crippen LogP contribution in [-0.2, 0) is 11.2 Å². The summed E-state index contributed by atoms with van der Waals surface area (Å²) in [5.41, 5.74) is 1.22. The number of likely N-dealkylation sites (tertiary alicyclic amines) is 1. The van der Waals surface area contributed by atoms with Gasteiger partial charge in [0, 0.05) is 19.5 Å². The van der Waals surface area contributed by atoms with Crippen molar-refractivity contribution in [2.24, 2.45) is 0 Å². The Morgan fingerprint density at radius 3 is 2.43 bits per heavy atom. The van der Waals surface area contributed by atoms with E-state index in [1.54, 1.807) is 7.05 Å². The van der Waals surface area contributed by atoms with Crippen LogP contribution in [0.2, 0.25) is 0 Å². The fourth-order valence-electron chi connectivity index (χ4n) is 3.28. The van der Waals surface area contributed by atoms with E-state index in [4.69, 9.17) is 0 Å². The van der Waals surface area contributed by atoms with Gasteiger partial charge in [-0.05, 0) is 24.9 Å². The number of aryl methyl sites for hydroxylation is 1. The maximum Gasteiger partial charge on any atom is 0.221 e. The van der Waals surface area contributed by atoms with Crippen LogP contribution in [0.3, 0.4) is 0 Å². The van der Waals surface area contributed by atoms with Crippen LogP contribution < -0.4 is 5.32 Å². The Kier molecular flexibility index (Phi) is 6.53. The molecule has 1 saturated heterocycles. The Morgan fingerprint density at radius 2 is 1.83 bits per heavy atom. The highest BCUT2D eigenvalue weighted by Gasteiger charge is 2.47. The molecule has 6 nitrogen and oxygen atoms in total. The standard InChI is InChI=1S/C17H26N2O4/c1-18-15(21)10-13-16(22)17(23)14(11-20)19(13)9-5-8-12-6-3-2-4-7-12/h2-4,6-7,13-14,16-17,20,22-23H,5,8-11H2,1H3,(H,18,21)/t13-,14+,16+,17-/m0/s1. The summed E-state index contributed by atoms with van der Waals surface area (Å²) >= 11 is 0. The van der Waals surface area contributed by atoms with E-state index in [9.17, 15) is 20.1 Å². The summed E-state index contributed by atoms with van der Waals surface area (Å²) in [7, 11) is 1.55. The number of amides is 1. The van der Waals surface area contributed by atoms with Crippen molar-refractivity contribution in [1.82, 2.24) is 10.2 Å². The lowest BCUT2D eigenvalue weighted by Gasteiger charge is -2.29. The summed E-state index contributed by atoms with van der Waals surface area (Å²) in [5, 5.41) is 32.4. The number of rotatable bonds is 7. The number of hydrogen-bond donors (Lipinski definition) is 4. The minimum atomic E-state index is -1.04. The summed E-state index contributed by atoms with van der Waals surface area (Å²) in [4.78, 5) is 13.5. The molecule has 0 saturated carbocycles. The first-order chi connectivity index (χ1) is 11.1. The predicted molar refractivity (Wildman–Crippen MR) is 86.8 cm³/mol. The highest BCUT2D eigenvalue weighted by molar-refractivity contribution is 5.76. The van der Waals surface area contributed by atoms with E-state index in [0.717, 1.165) is 12.8 Å². The number of nitrogens with zero attached hydrogens (tertiary/aromatic N) is 1. The predicted octanol–water partition coefficient (Wildman–Crippen LogP) is -0.478. The molecular formula is C17H26N2O4. The fourth-order valence-corrected chi connectivity index (χ4v) is 3.28. The average molecular weight is 322 g/mol. The van der Waals surface area contributed by atoms with Gasteiger partial charge in [0.25, 0.3) is 0 Å². The second-order valence-corrected chi connectivity index (χ2v) is 6.00. The van der Waals surface area contributed by atoms with Crippen LogP contribution in [0.1, 0.15) is 18.4 Å². The van der Waals surface area contributed by atoms with E-state index in [-0.39, 0.29) is 18.9 Å². The van der Waals surface area contributed by atoms with Crippen molar-refractivity contribution in [1.29, 1.82) is 0 Å². The highest BCUT2D eigenvalue weighted by atomic mass is 16.3. The highest BCUT2D eigenvalue weighted by Crippen LogP contribution is 2.27. The molecular weight excluding hydrogens is 296 g/mol. The molecule has 23 heavy (non-hydrogen) atoms. The van der Waals surface area contributed by atoms with E-state index in [2.05, 4.69) is 17.4 Å². The van der Waals surface area contributed by atoms with Crippen LogP contribution in [0.5, 0.6) is 0 Å². The number of benzene rings is 1. The molecule has 1 amide bonds. The number of carbonyl (C=O) groups is 1. The minimum absolute atomic E-state index is 0.108. The molecule has 128 valence electrons. The maximum absolute atomic E-state index is 11.7. The monoisotopic (exact) mass is 322 g/mol. The van der Waals surface area contributed by atoms with E-state index in [0.29, 0.717) is 6.54 Å². The number of hydrogen-bond acceptors (Lipinski definition) is 5. The van der Waals surface area contributed by atoms with Crippen molar-refractivity contribution in [2.75, 3.05) is 20.2 Å². The first kappa shape index (κ1) is 17.9. The zero-order chi connectivity index (χ0) is 16.8. The molecule has 0 unspecified atom stereocenters. The third-order valence-corrected chi connectivity index (χ3v) is 4.58. The Hall–Kier alpha value is -1.47. The lowest BCUT2D eigenvalue weighted by atomic mass is 10.1. The Morgan fingerprint density at radius 1 is 1.17 bits per heavy atom. The van der Waals surface area contributed by atoms with Gasteiger partial charge in [0.05, 0.1) is 24.9 Å². The lowest BCUT2D eigenvalue weighted by Crippen LogP contribution is -2.44. The number of aliphatic hydroxyl groups excluding tert-OH is 3. The molecule has 0 radical (unpaired) electrons. The van der Waals surface area contributed by atoms with Crippen molar-refractivity contribution in [3.05, 3.63) is 35.9 Å². The zero-order valence-electron chi connectivity index (χ0n) is 13.4. The number of carbonyl (C=O) groups excluding carboxylic acids is 1. The molecule has 1 aromatic rings. The van der Waals surface area contributed by atoms with Crippen LogP contribution in [0.25, 0.3) is 0 Å². The van der Waals surface area contributed by atoms with Crippen molar-refractivity contribution < 1.29 is 20.1 Å². The molecule has 0 bridgehead atoms. The van der Waals surface area contributed by atoms with Gasteiger partial charge in [-0.15, -0.1) is 0 Å². The van der Waals surface area contributed by atoms with Gasteiger partial charge in [0.2, 0.25) is 5.91 Å². The van der Waals surface area contributed by atoms with Gasteiger partial charge in [-0.25, -0.2) is 0 Å². The first-order valence-corrected chi connectivity index (χ1v) is 8.05. The molecule has 1 fully saturated rings. The maximum atomic E-state index is 11.7. The van der Waals surface area contributed by atoms with Gasteiger partial charge < -0.3 is 20.6 Å².